The highest BCUT2D eigenvalue weighted by Crippen LogP contribution is 2.27. The minimum absolute atomic E-state index is 0.0905. The van der Waals surface area contributed by atoms with Crippen LogP contribution in [0, 0.1) is 0 Å². The van der Waals surface area contributed by atoms with E-state index < -0.39 is 0 Å². The van der Waals surface area contributed by atoms with Gasteiger partial charge in [-0.05, 0) is 50.6 Å². The van der Waals surface area contributed by atoms with E-state index in [1.807, 2.05) is 0 Å². The molecule has 1 fully saturated rings. The molecular weight excluding hydrogens is 311 g/mol. The van der Waals surface area contributed by atoms with Gasteiger partial charge in [0.2, 0.25) is 5.91 Å². The Kier molecular flexibility index (Phi) is 6.61. The van der Waals surface area contributed by atoms with E-state index >= 15 is 0 Å². The minimum Gasteiger partial charge on any atom is -0.492 e. The smallest absolute Gasteiger partial charge is 0.220 e. The van der Waals surface area contributed by atoms with Crippen LogP contribution in [0.3, 0.4) is 0 Å². The van der Waals surface area contributed by atoms with Crippen LogP contribution in [0.25, 0.3) is 0 Å². The summed E-state index contributed by atoms with van der Waals surface area (Å²) < 4.78 is 5.55. The van der Waals surface area contributed by atoms with Crippen LogP contribution in [0.4, 0.5) is 0 Å². The Morgan fingerprint density at radius 3 is 2.81 bits per heavy atom. The van der Waals surface area contributed by atoms with Crippen molar-refractivity contribution < 1.29 is 9.53 Å². The Hall–Kier alpha value is -0.970. The van der Waals surface area contributed by atoms with Crippen LogP contribution >= 0.6 is 23.2 Å². The van der Waals surface area contributed by atoms with Gasteiger partial charge < -0.3 is 15.4 Å². The number of hydrogen-bond donors (Lipinski definition) is 2. The molecule has 1 amide bonds. The Balaban J connectivity index is 1.63. The Morgan fingerprint density at radius 1 is 1.33 bits per heavy atom. The Bertz CT molecular complexity index is 477. The molecule has 4 nitrogen and oxygen atoms in total. The molecule has 0 aliphatic carbocycles. The summed E-state index contributed by atoms with van der Waals surface area (Å²) in [5, 5.41) is 7.40. The molecule has 1 saturated heterocycles. The summed E-state index contributed by atoms with van der Waals surface area (Å²) in [5.74, 6) is 0.688. The second kappa shape index (κ2) is 8.47. The Labute approximate surface area is 135 Å². The first-order valence-corrected chi connectivity index (χ1v) is 7.98. The van der Waals surface area contributed by atoms with Crippen LogP contribution in [0.15, 0.2) is 18.2 Å². The lowest BCUT2D eigenvalue weighted by Crippen LogP contribution is -2.42. The number of nitrogens with one attached hydrogen (secondary N) is 2. The summed E-state index contributed by atoms with van der Waals surface area (Å²) in [5.41, 5.74) is 0. The third kappa shape index (κ3) is 5.73. The van der Waals surface area contributed by atoms with Crippen LogP contribution < -0.4 is 15.4 Å². The largest absolute Gasteiger partial charge is 0.492 e. The van der Waals surface area contributed by atoms with E-state index in [4.69, 9.17) is 27.9 Å². The zero-order valence-corrected chi connectivity index (χ0v) is 13.3. The number of benzene rings is 1. The van der Waals surface area contributed by atoms with Crippen LogP contribution in [-0.2, 0) is 4.79 Å². The number of ether oxygens (including phenoxy) is 1. The van der Waals surface area contributed by atoms with Gasteiger partial charge in [-0.15, -0.1) is 0 Å². The van der Waals surface area contributed by atoms with Crippen molar-refractivity contribution in [3.05, 3.63) is 28.2 Å². The summed E-state index contributed by atoms with van der Waals surface area (Å²) in [6.45, 7) is 2.41. The maximum absolute atomic E-state index is 11.8. The fourth-order valence-corrected chi connectivity index (χ4v) is 2.74. The second-order valence-corrected chi connectivity index (χ2v) is 5.96. The Morgan fingerprint density at radius 2 is 2.10 bits per heavy atom. The molecule has 0 spiro atoms. The minimum atomic E-state index is 0.0905. The third-order valence-corrected chi connectivity index (χ3v) is 3.93. The monoisotopic (exact) mass is 330 g/mol. The van der Waals surface area contributed by atoms with Crippen molar-refractivity contribution >= 4 is 29.1 Å². The lowest BCUT2D eigenvalue weighted by Gasteiger charge is -2.23. The molecule has 0 unspecified atom stereocenters. The zero-order valence-electron chi connectivity index (χ0n) is 11.8. The van der Waals surface area contributed by atoms with E-state index in [1.54, 1.807) is 18.2 Å². The van der Waals surface area contributed by atoms with E-state index in [0.717, 1.165) is 25.9 Å². The number of halogens is 2. The average Bonchev–Trinajstić information content (AvgIpc) is 2.46. The van der Waals surface area contributed by atoms with Gasteiger partial charge in [0.15, 0.2) is 0 Å². The molecule has 1 aromatic rings. The molecule has 21 heavy (non-hydrogen) atoms. The van der Waals surface area contributed by atoms with Crippen molar-refractivity contribution in [2.45, 2.75) is 31.7 Å². The fourth-order valence-electron chi connectivity index (χ4n) is 2.27. The number of amides is 1. The van der Waals surface area contributed by atoms with Crippen molar-refractivity contribution in [1.29, 1.82) is 0 Å². The van der Waals surface area contributed by atoms with E-state index in [-0.39, 0.29) is 5.91 Å². The predicted molar refractivity (Wildman–Crippen MR) is 85.2 cm³/mol. The van der Waals surface area contributed by atoms with Gasteiger partial charge in [0, 0.05) is 17.5 Å². The highest BCUT2D eigenvalue weighted by Gasteiger charge is 2.14. The molecule has 116 valence electrons. The van der Waals surface area contributed by atoms with Crippen molar-refractivity contribution in [3.63, 3.8) is 0 Å². The second-order valence-electron chi connectivity index (χ2n) is 5.12. The molecule has 0 atom stereocenters. The van der Waals surface area contributed by atoms with E-state index in [2.05, 4.69) is 10.6 Å². The van der Waals surface area contributed by atoms with Crippen molar-refractivity contribution in [3.8, 4) is 5.75 Å². The van der Waals surface area contributed by atoms with Crippen LogP contribution in [0.2, 0.25) is 10.0 Å². The molecule has 6 heteroatoms. The lowest BCUT2D eigenvalue weighted by atomic mass is 10.1. The molecule has 0 saturated carbocycles. The first kappa shape index (κ1) is 16.4. The highest BCUT2D eigenvalue weighted by molar-refractivity contribution is 6.35. The molecule has 1 aromatic carbocycles. The third-order valence-electron chi connectivity index (χ3n) is 3.40. The maximum atomic E-state index is 11.8. The quantitative estimate of drug-likeness (QED) is 0.788. The summed E-state index contributed by atoms with van der Waals surface area (Å²) in [4.78, 5) is 11.8. The van der Waals surface area contributed by atoms with Gasteiger partial charge in [-0.1, -0.05) is 23.2 Å². The van der Waals surface area contributed by atoms with Gasteiger partial charge in [-0.3, -0.25) is 4.79 Å². The SMILES string of the molecule is O=C(CCCOc1ccc(Cl)cc1Cl)NC1CCNCC1. The molecule has 1 heterocycles. The molecule has 1 aliphatic heterocycles. The predicted octanol–water partition coefficient (Wildman–Crippen LogP) is 3.02. The normalized spacial score (nSPS) is 15.7. The molecular formula is C15H20Cl2N2O2. The van der Waals surface area contributed by atoms with Crippen molar-refractivity contribution in [2.24, 2.45) is 0 Å². The average molecular weight is 331 g/mol. The van der Waals surface area contributed by atoms with Crippen LogP contribution in [0.5, 0.6) is 5.75 Å². The molecule has 2 rings (SSSR count). The van der Waals surface area contributed by atoms with Gasteiger partial charge >= 0.3 is 0 Å². The first-order chi connectivity index (χ1) is 10.1. The lowest BCUT2D eigenvalue weighted by molar-refractivity contribution is -0.122. The summed E-state index contributed by atoms with van der Waals surface area (Å²) in [6.07, 6.45) is 3.14. The summed E-state index contributed by atoms with van der Waals surface area (Å²) in [6, 6.07) is 5.42. The molecule has 0 aromatic heterocycles. The highest BCUT2D eigenvalue weighted by atomic mass is 35.5. The van der Waals surface area contributed by atoms with Gasteiger partial charge in [-0.25, -0.2) is 0 Å². The molecule has 0 bridgehead atoms. The van der Waals surface area contributed by atoms with E-state index in [9.17, 15) is 4.79 Å². The van der Waals surface area contributed by atoms with Crippen LogP contribution in [-0.4, -0.2) is 31.6 Å². The number of piperidine rings is 1. The molecule has 0 radical (unpaired) electrons. The summed E-state index contributed by atoms with van der Waals surface area (Å²) >= 11 is 11.8. The standard InChI is InChI=1S/C15H20Cl2N2O2/c16-11-3-4-14(13(17)10-11)21-9-1-2-15(20)19-12-5-7-18-8-6-12/h3-4,10,12,18H,1-2,5-9H2,(H,19,20). The number of carbonyl (C=O) groups excluding carboxylic acids is 1. The molecule has 2 N–H and O–H groups in total. The number of carbonyl (C=O) groups is 1. The van der Waals surface area contributed by atoms with Crippen LogP contribution in [0.1, 0.15) is 25.7 Å². The topological polar surface area (TPSA) is 50.4 Å². The number of rotatable bonds is 6. The van der Waals surface area contributed by atoms with Gasteiger partial charge in [0.25, 0.3) is 0 Å². The maximum Gasteiger partial charge on any atom is 0.220 e. The van der Waals surface area contributed by atoms with E-state index in [0.29, 0.717) is 41.3 Å². The zero-order chi connectivity index (χ0) is 15.1. The van der Waals surface area contributed by atoms with E-state index in [1.165, 1.54) is 0 Å². The first-order valence-electron chi connectivity index (χ1n) is 7.23. The van der Waals surface area contributed by atoms with Gasteiger partial charge in [-0.2, -0.15) is 0 Å². The van der Waals surface area contributed by atoms with Gasteiger partial charge in [0.05, 0.1) is 11.6 Å². The summed E-state index contributed by atoms with van der Waals surface area (Å²) in [7, 11) is 0. The van der Waals surface area contributed by atoms with Crippen molar-refractivity contribution in [1.82, 2.24) is 10.6 Å². The molecule has 1 aliphatic rings. The number of hydrogen-bond acceptors (Lipinski definition) is 3. The van der Waals surface area contributed by atoms with Crippen molar-refractivity contribution in [2.75, 3.05) is 19.7 Å². The van der Waals surface area contributed by atoms with Gasteiger partial charge in [0.1, 0.15) is 5.75 Å². The fraction of sp³-hybridized carbons (Fsp3) is 0.533.